The molecule has 1 saturated heterocycles. The molecule has 124 valence electrons. The van der Waals surface area contributed by atoms with Crippen LogP contribution in [-0.4, -0.2) is 35.8 Å². The first kappa shape index (κ1) is 15.8. The van der Waals surface area contributed by atoms with Crippen LogP contribution in [0.2, 0.25) is 0 Å². The summed E-state index contributed by atoms with van der Waals surface area (Å²) in [5.41, 5.74) is -0.596. The lowest BCUT2D eigenvalue weighted by atomic mass is 10.1. The van der Waals surface area contributed by atoms with Crippen molar-refractivity contribution >= 4 is 11.8 Å². The van der Waals surface area contributed by atoms with Gasteiger partial charge in [0.25, 0.3) is 5.91 Å². The molecule has 0 spiro atoms. The first-order valence-corrected chi connectivity index (χ1v) is 7.61. The van der Waals surface area contributed by atoms with Gasteiger partial charge in [0.05, 0.1) is 5.56 Å². The molecule has 1 unspecified atom stereocenters. The minimum atomic E-state index is -4.41. The maximum Gasteiger partial charge on any atom is 0.416 e. The van der Waals surface area contributed by atoms with Crippen LogP contribution in [0.5, 0.6) is 0 Å². The zero-order valence-corrected chi connectivity index (χ0v) is 12.4. The molecule has 1 aromatic carbocycles. The Morgan fingerprint density at radius 1 is 1.09 bits per heavy atom. The number of nitrogens with one attached hydrogen (secondary N) is 1. The number of hydrogen-bond acceptors (Lipinski definition) is 2. The van der Waals surface area contributed by atoms with Gasteiger partial charge in [0.1, 0.15) is 0 Å². The highest BCUT2D eigenvalue weighted by molar-refractivity contribution is 5.94. The van der Waals surface area contributed by atoms with Crippen molar-refractivity contribution in [2.45, 2.75) is 31.5 Å². The van der Waals surface area contributed by atoms with E-state index in [2.05, 4.69) is 5.32 Å². The highest BCUT2D eigenvalue weighted by Crippen LogP contribution is 2.32. The summed E-state index contributed by atoms with van der Waals surface area (Å²) in [6, 6.07) is 3.98. The molecule has 23 heavy (non-hydrogen) atoms. The molecule has 2 fully saturated rings. The zero-order valence-electron chi connectivity index (χ0n) is 12.4. The number of likely N-dealkylation sites (tertiary alicyclic amines) is 1. The zero-order chi connectivity index (χ0) is 16.6. The van der Waals surface area contributed by atoms with Gasteiger partial charge < -0.3 is 10.2 Å². The molecule has 0 bridgehead atoms. The Morgan fingerprint density at radius 3 is 2.30 bits per heavy atom. The number of rotatable bonds is 3. The molecule has 1 N–H and O–H groups in total. The second kappa shape index (κ2) is 5.86. The SMILES string of the molecule is O=C(NC1CCN(C(=O)C2CC2)C1)c1ccc(C(F)(F)F)cc1. The number of halogens is 3. The monoisotopic (exact) mass is 326 g/mol. The molecule has 0 radical (unpaired) electrons. The van der Waals surface area contributed by atoms with Gasteiger partial charge in [0.15, 0.2) is 0 Å². The predicted octanol–water partition coefficient (Wildman–Crippen LogP) is 2.45. The molecule has 2 amide bonds. The average molecular weight is 326 g/mol. The van der Waals surface area contributed by atoms with Gasteiger partial charge >= 0.3 is 6.18 Å². The van der Waals surface area contributed by atoms with E-state index in [4.69, 9.17) is 0 Å². The number of amides is 2. The highest BCUT2D eigenvalue weighted by atomic mass is 19.4. The van der Waals surface area contributed by atoms with Crippen LogP contribution >= 0.6 is 0 Å². The van der Waals surface area contributed by atoms with Gasteiger partial charge in [-0.1, -0.05) is 0 Å². The third-order valence-corrected chi connectivity index (χ3v) is 4.24. The molecule has 1 aromatic rings. The quantitative estimate of drug-likeness (QED) is 0.927. The predicted molar refractivity (Wildman–Crippen MR) is 76.6 cm³/mol. The van der Waals surface area contributed by atoms with Crippen molar-refractivity contribution in [2.75, 3.05) is 13.1 Å². The number of benzene rings is 1. The van der Waals surface area contributed by atoms with Gasteiger partial charge in [0.2, 0.25) is 5.91 Å². The van der Waals surface area contributed by atoms with E-state index in [1.165, 1.54) is 12.1 Å². The number of hydrogen-bond donors (Lipinski definition) is 1. The fourth-order valence-electron chi connectivity index (χ4n) is 2.75. The summed E-state index contributed by atoms with van der Waals surface area (Å²) in [7, 11) is 0. The molecular formula is C16H17F3N2O2. The van der Waals surface area contributed by atoms with Gasteiger partial charge in [0, 0.05) is 30.6 Å². The van der Waals surface area contributed by atoms with Crippen molar-refractivity contribution < 1.29 is 22.8 Å². The summed E-state index contributed by atoms with van der Waals surface area (Å²) >= 11 is 0. The van der Waals surface area contributed by atoms with E-state index < -0.39 is 17.6 Å². The first-order chi connectivity index (χ1) is 10.8. The van der Waals surface area contributed by atoms with Gasteiger partial charge in [-0.2, -0.15) is 13.2 Å². The fourth-order valence-corrected chi connectivity index (χ4v) is 2.75. The molecule has 7 heteroatoms. The van der Waals surface area contributed by atoms with Gasteiger partial charge in [-0.25, -0.2) is 0 Å². The summed E-state index contributed by atoms with van der Waals surface area (Å²) in [4.78, 5) is 25.8. The van der Waals surface area contributed by atoms with E-state index in [0.717, 1.165) is 25.0 Å². The Labute approximate surface area is 131 Å². The largest absolute Gasteiger partial charge is 0.416 e. The standard InChI is InChI=1S/C16H17F3N2O2/c17-16(18,19)12-5-3-10(4-6-12)14(22)20-13-7-8-21(9-13)15(23)11-1-2-11/h3-6,11,13H,1-2,7-9H2,(H,20,22). The lowest BCUT2D eigenvalue weighted by Gasteiger charge is -2.17. The van der Waals surface area contributed by atoms with Crippen LogP contribution < -0.4 is 5.32 Å². The summed E-state index contributed by atoms with van der Waals surface area (Å²) in [6.07, 6.45) is -1.86. The molecule has 3 rings (SSSR count). The summed E-state index contributed by atoms with van der Waals surface area (Å²) < 4.78 is 37.5. The van der Waals surface area contributed by atoms with Gasteiger partial charge in [-0.3, -0.25) is 9.59 Å². The molecule has 0 aromatic heterocycles. The summed E-state index contributed by atoms with van der Waals surface area (Å²) in [5.74, 6) is -0.111. The minimum Gasteiger partial charge on any atom is -0.347 e. The lowest BCUT2D eigenvalue weighted by Crippen LogP contribution is -2.38. The Morgan fingerprint density at radius 2 is 1.74 bits per heavy atom. The van der Waals surface area contributed by atoms with Crippen molar-refractivity contribution in [3.63, 3.8) is 0 Å². The molecule has 1 saturated carbocycles. The van der Waals surface area contributed by atoms with Crippen LogP contribution in [0.3, 0.4) is 0 Å². The lowest BCUT2D eigenvalue weighted by molar-refractivity contribution is -0.137. The maximum atomic E-state index is 12.5. The van der Waals surface area contributed by atoms with Crippen molar-refractivity contribution in [1.82, 2.24) is 10.2 Å². The molecule has 1 aliphatic heterocycles. The van der Waals surface area contributed by atoms with E-state index in [0.29, 0.717) is 19.5 Å². The number of alkyl halides is 3. The number of nitrogens with zero attached hydrogens (tertiary/aromatic N) is 1. The van der Waals surface area contributed by atoms with Gasteiger partial charge in [-0.05, 0) is 43.5 Å². The normalized spacial score (nSPS) is 21.3. The molecule has 1 aliphatic carbocycles. The van der Waals surface area contributed by atoms with E-state index >= 15 is 0 Å². The Bertz CT molecular complexity index is 609. The van der Waals surface area contributed by atoms with Crippen molar-refractivity contribution in [3.8, 4) is 0 Å². The summed E-state index contributed by atoms with van der Waals surface area (Å²) in [6.45, 7) is 1.09. The van der Waals surface area contributed by atoms with Gasteiger partial charge in [-0.15, -0.1) is 0 Å². The maximum absolute atomic E-state index is 12.5. The Balaban J connectivity index is 1.56. The molecule has 4 nitrogen and oxygen atoms in total. The topological polar surface area (TPSA) is 49.4 Å². The second-order valence-corrected chi connectivity index (χ2v) is 6.09. The van der Waals surface area contributed by atoms with E-state index in [1.54, 1.807) is 4.90 Å². The van der Waals surface area contributed by atoms with Crippen LogP contribution in [0.1, 0.15) is 35.2 Å². The van der Waals surface area contributed by atoms with Crippen molar-refractivity contribution in [2.24, 2.45) is 5.92 Å². The molecule has 1 atom stereocenters. The van der Waals surface area contributed by atoms with Crippen LogP contribution in [0, 0.1) is 5.92 Å². The minimum absolute atomic E-state index is 0.146. The van der Waals surface area contributed by atoms with Crippen LogP contribution in [0.4, 0.5) is 13.2 Å². The van der Waals surface area contributed by atoms with Crippen LogP contribution in [0.25, 0.3) is 0 Å². The molecule has 2 aliphatic rings. The van der Waals surface area contributed by atoms with Crippen LogP contribution in [0.15, 0.2) is 24.3 Å². The average Bonchev–Trinajstić information content (AvgIpc) is 3.26. The van der Waals surface area contributed by atoms with E-state index in [-0.39, 0.29) is 23.4 Å². The van der Waals surface area contributed by atoms with Crippen molar-refractivity contribution in [3.05, 3.63) is 35.4 Å². The smallest absolute Gasteiger partial charge is 0.347 e. The third-order valence-electron chi connectivity index (χ3n) is 4.24. The fraction of sp³-hybridized carbons (Fsp3) is 0.500. The van der Waals surface area contributed by atoms with E-state index in [1.807, 2.05) is 0 Å². The molecular weight excluding hydrogens is 309 g/mol. The third kappa shape index (κ3) is 3.65. The Kier molecular flexibility index (Phi) is 4.04. The summed E-state index contributed by atoms with van der Waals surface area (Å²) in [5, 5.41) is 2.78. The second-order valence-electron chi connectivity index (χ2n) is 6.09. The van der Waals surface area contributed by atoms with Crippen molar-refractivity contribution in [1.29, 1.82) is 0 Å². The number of carbonyl (C=O) groups is 2. The Hall–Kier alpha value is -2.05. The highest BCUT2D eigenvalue weighted by Gasteiger charge is 2.37. The molecule has 1 heterocycles. The number of carbonyl (C=O) groups excluding carboxylic acids is 2. The van der Waals surface area contributed by atoms with Crippen LogP contribution in [-0.2, 0) is 11.0 Å². The van der Waals surface area contributed by atoms with E-state index in [9.17, 15) is 22.8 Å². The first-order valence-electron chi connectivity index (χ1n) is 7.61.